The summed E-state index contributed by atoms with van der Waals surface area (Å²) in [4.78, 5) is 24.6. The SMILES string of the molecule is CS(=O)(=O)CCCNC(=O)C1CCc2[nH]c3ncnc(Nc4cccc5c4OC(F)(F)O5)c3c2C1. The zero-order chi connectivity index (χ0) is 24.8. The summed E-state index contributed by atoms with van der Waals surface area (Å²) in [7, 11) is -3.08. The molecule has 2 aliphatic rings. The van der Waals surface area contributed by atoms with Gasteiger partial charge in [-0.1, -0.05) is 6.07 Å². The van der Waals surface area contributed by atoms with Crippen LogP contribution in [0.5, 0.6) is 11.5 Å². The summed E-state index contributed by atoms with van der Waals surface area (Å²) in [5.41, 5.74) is 2.64. The number of aryl methyl sites for hydroxylation is 1. The molecule has 1 aliphatic carbocycles. The highest BCUT2D eigenvalue weighted by Gasteiger charge is 2.44. The largest absolute Gasteiger partial charge is 0.586 e. The van der Waals surface area contributed by atoms with Crippen molar-refractivity contribution < 1.29 is 31.5 Å². The number of para-hydroxylation sites is 1. The fourth-order valence-corrected chi connectivity index (χ4v) is 5.11. The number of rotatable bonds is 7. The molecule has 0 saturated heterocycles. The Labute approximate surface area is 199 Å². The molecule has 0 saturated carbocycles. The minimum absolute atomic E-state index is 0.0147. The molecule has 5 rings (SSSR count). The molecule has 35 heavy (non-hydrogen) atoms. The van der Waals surface area contributed by atoms with Gasteiger partial charge in [-0.25, -0.2) is 18.4 Å². The summed E-state index contributed by atoms with van der Waals surface area (Å²) >= 11 is 0. The molecular weight excluding hydrogens is 484 g/mol. The molecule has 0 spiro atoms. The summed E-state index contributed by atoms with van der Waals surface area (Å²) in [6, 6.07) is 4.51. The molecule has 1 atom stereocenters. The molecule has 1 aliphatic heterocycles. The number of alkyl halides is 2. The second-order valence-corrected chi connectivity index (χ2v) is 10.9. The van der Waals surface area contributed by atoms with E-state index in [1.165, 1.54) is 12.4 Å². The topological polar surface area (TPSA) is 135 Å². The number of sulfone groups is 1. The fourth-order valence-electron chi connectivity index (χ4n) is 4.45. The number of benzene rings is 1. The Bertz CT molecular complexity index is 1410. The summed E-state index contributed by atoms with van der Waals surface area (Å²) in [5.74, 6) is -0.258. The maximum atomic E-state index is 13.6. The third kappa shape index (κ3) is 4.85. The Morgan fingerprint density at radius 3 is 2.91 bits per heavy atom. The van der Waals surface area contributed by atoms with E-state index in [0.717, 1.165) is 17.5 Å². The maximum absolute atomic E-state index is 13.6. The number of aromatic nitrogens is 3. The van der Waals surface area contributed by atoms with Crippen LogP contribution in [-0.4, -0.2) is 54.1 Å². The first-order valence-electron chi connectivity index (χ1n) is 11.1. The molecule has 1 unspecified atom stereocenters. The van der Waals surface area contributed by atoms with Crippen LogP contribution in [0.25, 0.3) is 11.0 Å². The van der Waals surface area contributed by atoms with Gasteiger partial charge in [-0.2, -0.15) is 0 Å². The predicted molar refractivity (Wildman–Crippen MR) is 123 cm³/mol. The number of carbonyl (C=O) groups excluding carboxylic acids is 1. The molecule has 0 fully saturated rings. The summed E-state index contributed by atoms with van der Waals surface area (Å²) in [5, 5.41) is 6.55. The third-order valence-corrected chi connectivity index (χ3v) is 7.05. The van der Waals surface area contributed by atoms with E-state index in [1.54, 1.807) is 12.1 Å². The lowest BCUT2D eigenvalue weighted by molar-refractivity contribution is -0.286. The van der Waals surface area contributed by atoms with Crippen molar-refractivity contribution >= 4 is 38.3 Å². The molecule has 2 aromatic heterocycles. The van der Waals surface area contributed by atoms with Crippen molar-refractivity contribution in [3.05, 3.63) is 35.8 Å². The molecule has 1 aromatic carbocycles. The van der Waals surface area contributed by atoms with E-state index in [-0.39, 0.29) is 41.3 Å². The number of halogens is 2. The van der Waals surface area contributed by atoms with E-state index in [4.69, 9.17) is 0 Å². The van der Waals surface area contributed by atoms with E-state index in [2.05, 4.69) is 35.1 Å². The molecule has 0 bridgehead atoms. The summed E-state index contributed by atoms with van der Waals surface area (Å²) in [6.07, 6.45) is 0.793. The van der Waals surface area contributed by atoms with Gasteiger partial charge >= 0.3 is 6.29 Å². The Hall–Kier alpha value is -3.48. The van der Waals surface area contributed by atoms with Gasteiger partial charge in [0.25, 0.3) is 0 Å². The van der Waals surface area contributed by atoms with Gasteiger partial charge in [0.1, 0.15) is 27.6 Å². The number of amides is 1. The number of H-pyrrole nitrogens is 1. The van der Waals surface area contributed by atoms with E-state index >= 15 is 0 Å². The van der Waals surface area contributed by atoms with Gasteiger partial charge in [-0.15, -0.1) is 8.78 Å². The Morgan fingerprint density at radius 2 is 2.11 bits per heavy atom. The van der Waals surface area contributed by atoms with Gasteiger partial charge in [-0.05, 0) is 43.4 Å². The highest BCUT2D eigenvalue weighted by atomic mass is 32.2. The van der Waals surface area contributed by atoms with E-state index < -0.39 is 16.1 Å². The molecule has 3 aromatic rings. The zero-order valence-corrected chi connectivity index (χ0v) is 19.5. The summed E-state index contributed by atoms with van der Waals surface area (Å²) < 4.78 is 58.9. The highest BCUT2D eigenvalue weighted by Crippen LogP contribution is 2.47. The second kappa shape index (κ2) is 8.63. The molecule has 186 valence electrons. The van der Waals surface area contributed by atoms with Gasteiger partial charge in [-0.3, -0.25) is 4.79 Å². The van der Waals surface area contributed by atoms with Crippen molar-refractivity contribution in [3.63, 3.8) is 0 Å². The second-order valence-electron chi connectivity index (χ2n) is 8.67. The molecule has 13 heteroatoms. The van der Waals surface area contributed by atoms with Gasteiger partial charge in [0.05, 0.1) is 16.8 Å². The lowest BCUT2D eigenvalue weighted by atomic mass is 9.86. The van der Waals surface area contributed by atoms with E-state index in [0.29, 0.717) is 42.5 Å². The zero-order valence-electron chi connectivity index (χ0n) is 18.7. The van der Waals surface area contributed by atoms with Gasteiger partial charge in [0.2, 0.25) is 5.91 Å². The highest BCUT2D eigenvalue weighted by molar-refractivity contribution is 7.90. The standard InChI is InChI=1S/C22H23F2N5O5S/c1-35(31,32)9-3-8-25-21(30)12-6-7-14-13(10-12)17-19(28-14)26-11-27-20(17)29-15-4-2-5-16-18(15)34-22(23,24)33-16/h2,4-5,11-12H,3,6-10H2,1H3,(H,25,30)(H2,26,27,28,29). The van der Waals surface area contributed by atoms with Gasteiger partial charge < -0.3 is 25.1 Å². The number of aromatic amines is 1. The number of anilines is 2. The number of hydrogen-bond donors (Lipinski definition) is 3. The Balaban J connectivity index is 1.37. The lowest BCUT2D eigenvalue weighted by Crippen LogP contribution is -2.35. The Kier molecular flexibility index (Phi) is 5.74. The van der Waals surface area contributed by atoms with Crippen LogP contribution in [0.4, 0.5) is 20.3 Å². The molecule has 1 amide bonds. The number of carbonyl (C=O) groups is 1. The van der Waals surface area contributed by atoms with Crippen molar-refractivity contribution in [2.24, 2.45) is 5.92 Å². The molecular formula is C22H23F2N5O5S. The maximum Gasteiger partial charge on any atom is 0.586 e. The van der Waals surface area contributed by atoms with Crippen LogP contribution in [0.2, 0.25) is 0 Å². The van der Waals surface area contributed by atoms with Crippen molar-refractivity contribution in [2.45, 2.75) is 32.0 Å². The van der Waals surface area contributed by atoms with Crippen LogP contribution in [0.3, 0.4) is 0 Å². The number of hydrogen-bond acceptors (Lipinski definition) is 8. The fraction of sp³-hybridized carbons (Fsp3) is 0.409. The molecule has 10 nitrogen and oxygen atoms in total. The van der Waals surface area contributed by atoms with Gasteiger partial charge in [0, 0.05) is 24.4 Å². The molecule has 0 radical (unpaired) electrons. The molecule has 3 N–H and O–H groups in total. The van der Waals surface area contributed by atoms with Crippen LogP contribution in [0, 0.1) is 5.92 Å². The predicted octanol–water partition coefficient (Wildman–Crippen LogP) is 2.68. The van der Waals surface area contributed by atoms with Crippen molar-refractivity contribution in [3.8, 4) is 11.5 Å². The van der Waals surface area contributed by atoms with Crippen LogP contribution in [0.15, 0.2) is 24.5 Å². The average molecular weight is 508 g/mol. The first-order valence-corrected chi connectivity index (χ1v) is 13.1. The minimum atomic E-state index is -3.75. The van der Waals surface area contributed by atoms with E-state index in [9.17, 15) is 22.0 Å². The average Bonchev–Trinajstić information content (AvgIpc) is 3.32. The normalized spacial score (nSPS) is 18.3. The third-order valence-electron chi connectivity index (χ3n) is 6.02. The number of nitrogens with zero attached hydrogens (tertiary/aromatic N) is 2. The van der Waals surface area contributed by atoms with Crippen LogP contribution >= 0.6 is 0 Å². The smallest absolute Gasteiger partial charge is 0.395 e. The Morgan fingerprint density at radius 1 is 1.29 bits per heavy atom. The van der Waals surface area contributed by atoms with Crippen LogP contribution in [0.1, 0.15) is 24.1 Å². The van der Waals surface area contributed by atoms with Crippen LogP contribution < -0.4 is 20.1 Å². The monoisotopic (exact) mass is 507 g/mol. The number of ether oxygens (including phenoxy) is 2. The van der Waals surface area contributed by atoms with E-state index in [1.807, 2.05) is 0 Å². The lowest BCUT2D eigenvalue weighted by Gasteiger charge is -2.22. The summed E-state index contributed by atoms with van der Waals surface area (Å²) in [6.45, 7) is 0.283. The number of fused-ring (bicyclic) bond motifs is 4. The van der Waals surface area contributed by atoms with Crippen molar-refractivity contribution in [1.29, 1.82) is 0 Å². The molecule has 3 heterocycles. The van der Waals surface area contributed by atoms with Crippen molar-refractivity contribution in [2.75, 3.05) is 23.9 Å². The quantitative estimate of drug-likeness (QED) is 0.416. The first kappa shape index (κ1) is 23.3. The number of nitrogens with one attached hydrogen (secondary N) is 3. The van der Waals surface area contributed by atoms with Crippen molar-refractivity contribution in [1.82, 2.24) is 20.3 Å². The first-order chi connectivity index (χ1) is 16.6. The van der Waals surface area contributed by atoms with Crippen LogP contribution in [-0.2, 0) is 27.5 Å². The van der Waals surface area contributed by atoms with Gasteiger partial charge in [0.15, 0.2) is 11.5 Å². The minimum Gasteiger partial charge on any atom is -0.395 e.